The van der Waals surface area contributed by atoms with E-state index in [1.807, 2.05) is 18.2 Å². The first kappa shape index (κ1) is 19.4. The second kappa shape index (κ2) is 7.61. The molecule has 2 aliphatic heterocycles. The van der Waals surface area contributed by atoms with E-state index in [2.05, 4.69) is 14.8 Å². The number of nitrogens with zero attached hydrogens (tertiary/aromatic N) is 4. The van der Waals surface area contributed by atoms with Gasteiger partial charge in [0.25, 0.3) is 0 Å². The monoisotopic (exact) mass is 426 g/mol. The van der Waals surface area contributed by atoms with E-state index in [1.54, 1.807) is 34.8 Å². The minimum absolute atomic E-state index is 0.227. The summed E-state index contributed by atoms with van der Waals surface area (Å²) < 4.78 is 41.0. The summed E-state index contributed by atoms with van der Waals surface area (Å²) in [7, 11) is -3.56. The number of hydrogen-bond acceptors (Lipinski definition) is 5. The van der Waals surface area contributed by atoms with Crippen molar-refractivity contribution in [1.29, 1.82) is 0 Å². The zero-order chi connectivity index (χ0) is 20.7. The van der Waals surface area contributed by atoms with Crippen LogP contribution >= 0.6 is 0 Å². The standard InChI is InChI=1S/C22H23FN4O2S/c23-18-6-8-19(9-7-18)25-11-13-26(14-12-25)20-15-27(16-20)30(28,29)21-5-1-3-17-4-2-10-24-22(17)21/h1-10,20H,11-16H2. The highest BCUT2D eigenvalue weighted by Gasteiger charge is 2.41. The van der Waals surface area contributed by atoms with E-state index in [4.69, 9.17) is 0 Å². The first-order valence-corrected chi connectivity index (χ1v) is 11.5. The maximum absolute atomic E-state index is 13.1. The molecule has 156 valence electrons. The number of para-hydroxylation sites is 1. The van der Waals surface area contributed by atoms with Gasteiger partial charge in [-0.05, 0) is 36.4 Å². The molecule has 0 atom stereocenters. The van der Waals surface area contributed by atoms with Gasteiger partial charge in [-0.3, -0.25) is 9.88 Å². The fourth-order valence-corrected chi connectivity index (χ4v) is 5.94. The van der Waals surface area contributed by atoms with Crippen LogP contribution in [-0.2, 0) is 10.0 Å². The minimum atomic E-state index is -3.56. The van der Waals surface area contributed by atoms with Crippen molar-refractivity contribution in [3.05, 3.63) is 66.6 Å². The van der Waals surface area contributed by atoms with Crippen LogP contribution in [0.5, 0.6) is 0 Å². The largest absolute Gasteiger partial charge is 0.369 e. The van der Waals surface area contributed by atoms with Crippen molar-refractivity contribution >= 4 is 26.6 Å². The third-order valence-corrected chi connectivity index (χ3v) is 7.93. The number of benzene rings is 2. The molecule has 30 heavy (non-hydrogen) atoms. The summed E-state index contributed by atoms with van der Waals surface area (Å²) in [5, 5.41) is 0.826. The van der Waals surface area contributed by atoms with Gasteiger partial charge in [0, 0.05) is 62.6 Å². The molecule has 8 heteroatoms. The Morgan fingerprint density at radius 3 is 2.33 bits per heavy atom. The zero-order valence-electron chi connectivity index (χ0n) is 16.5. The summed E-state index contributed by atoms with van der Waals surface area (Å²) in [6.45, 7) is 4.44. The van der Waals surface area contributed by atoms with E-state index in [9.17, 15) is 12.8 Å². The van der Waals surface area contributed by atoms with Crippen molar-refractivity contribution in [3.63, 3.8) is 0 Å². The molecule has 0 spiro atoms. The molecule has 2 saturated heterocycles. The number of hydrogen-bond donors (Lipinski definition) is 0. The third kappa shape index (κ3) is 3.45. The smallest absolute Gasteiger partial charge is 0.245 e. The number of halogens is 1. The van der Waals surface area contributed by atoms with Crippen LogP contribution < -0.4 is 4.90 Å². The minimum Gasteiger partial charge on any atom is -0.369 e. The lowest BCUT2D eigenvalue weighted by molar-refractivity contribution is 0.0829. The molecule has 3 aromatic rings. The van der Waals surface area contributed by atoms with Crippen LogP contribution in [0.15, 0.2) is 65.7 Å². The van der Waals surface area contributed by atoms with Gasteiger partial charge in [-0.1, -0.05) is 18.2 Å². The van der Waals surface area contributed by atoms with E-state index >= 15 is 0 Å². The average molecular weight is 427 g/mol. The lowest BCUT2D eigenvalue weighted by Crippen LogP contribution is -2.64. The molecule has 2 aromatic carbocycles. The summed E-state index contributed by atoms with van der Waals surface area (Å²) in [6.07, 6.45) is 1.63. The maximum atomic E-state index is 13.1. The molecule has 5 rings (SSSR count). The van der Waals surface area contributed by atoms with E-state index in [0.717, 1.165) is 37.3 Å². The second-order valence-corrected chi connectivity index (χ2v) is 9.71. The van der Waals surface area contributed by atoms with Gasteiger partial charge >= 0.3 is 0 Å². The van der Waals surface area contributed by atoms with Crippen molar-refractivity contribution in [2.45, 2.75) is 10.9 Å². The highest BCUT2D eigenvalue weighted by Crippen LogP contribution is 2.29. The predicted octanol–water partition coefficient (Wildman–Crippen LogP) is 2.57. The lowest BCUT2D eigenvalue weighted by atomic mass is 10.1. The Hall–Kier alpha value is -2.55. The van der Waals surface area contributed by atoms with Gasteiger partial charge in [0.2, 0.25) is 10.0 Å². The Morgan fingerprint density at radius 1 is 0.900 bits per heavy atom. The highest BCUT2D eigenvalue weighted by atomic mass is 32.2. The number of rotatable bonds is 4. The van der Waals surface area contributed by atoms with Crippen molar-refractivity contribution in [2.24, 2.45) is 0 Å². The fraction of sp³-hybridized carbons (Fsp3) is 0.318. The Kier molecular flexibility index (Phi) is 4.92. The zero-order valence-corrected chi connectivity index (χ0v) is 17.3. The molecule has 3 heterocycles. The molecule has 1 aromatic heterocycles. The lowest BCUT2D eigenvalue weighted by Gasteiger charge is -2.47. The number of anilines is 1. The van der Waals surface area contributed by atoms with Gasteiger partial charge in [0.1, 0.15) is 10.7 Å². The predicted molar refractivity (Wildman–Crippen MR) is 114 cm³/mol. The van der Waals surface area contributed by atoms with Crippen LogP contribution in [0.2, 0.25) is 0 Å². The van der Waals surface area contributed by atoms with Crippen LogP contribution in [0, 0.1) is 5.82 Å². The van der Waals surface area contributed by atoms with Crippen LogP contribution in [0.4, 0.5) is 10.1 Å². The Morgan fingerprint density at radius 2 is 1.60 bits per heavy atom. The molecule has 6 nitrogen and oxygen atoms in total. The van der Waals surface area contributed by atoms with Crippen molar-refractivity contribution in [1.82, 2.24) is 14.2 Å². The topological polar surface area (TPSA) is 56.8 Å². The molecular formula is C22H23FN4O2S. The highest BCUT2D eigenvalue weighted by molar-refractivity contribution is 7.89. The van der Waals surface area contributed by atoms with Gasteiger partial charge in [-0.2, -0.15) is 4.31 Å². The first-order chi connectivity index (χ1) is 14.5. The van der Waals surface area contributed by atoms with E-state index < -0.39 is 10.0 Å². The Bertz CT molecular complexity index is 1150. The summed E-state index contributed by atoms with van der Waals surface area (Å²) >= 11 is 0. The fourth-order valence-electron chi connectivity index (χ4n) is 4.26. The normalized spacial score (nSPS) is 19.2. The molecule has 0 amide bonds. The van der Waals surface area contributed by atoms with Crippen LogP contribution in [0.3, 0.4) is 0 Å². The van der Waals surface area contributed by atoms with Gasteiger partial charge in [0.15, 0.2) is 0 Å². The summed E-state index contributed by atoms with van der Waals surface area (Å²) in [5.74, 6) is -0.227. The molecular weight excluding hydrogens is 403 g/mol. The van der Waals surface area contributed by atoms with E-state index in [1.165, 1.54) is 12.1 Å². The number of pyridine rings is 1. The number of aromatic nitrogens is 1. The van der Waals surface area contributed by atoms with Crippen LogP contribution in [-0.4, -0.2) is 67.9 Å². The number of fused-ring (bicyclic) bond motifs is 1. The molecule has 0 unspecified atom stereocenters. The van der Waals surface area contributed by atoms with Crippen molar-refractivity contribution in [2.75, 3.05) is 44.2 Å². The molecule has 0 aliphatic carbocycles. The summed E-state index contributed by atoms with van der Waals surface area (Å²) in [4.78, 5) is 9.17. The first-order valence-electron chi connectivity index (χ1n) is 10.1. The quantitative estimate of drug-likeness (QED) is 0.642. The van der Waals surface area contributed by atoms with Crippen LogP contribution in [0.25, 0.3) is 10.9 Å². The number of piperazine rings is 1. The summed E-state index contributed by atoms with van der Waals surface area (Å²) in [5.41, 5.74) is 1.55. The molecule has 0 radical (unpaired) electrons. The van der Waals surface area contributed by atoms with Gasteiger partial charge < -0.3 is 4.90 Å². The third-order valence-electron chi connectivity index (χ3n) is 6.06. The maximum Gasteiger partial charge on any atom is 0.245 e. The van der Waals surface area contributed by atoms with Crippen molar-refractivity contribution < 1.29 is 12.8 Å². The Balaban J connectivity index is 1.23. The van der Waals surface area contributed by atoms with Crippen LogP contribution in [0.1, 0.15) is 0 Å². The van der Waals surface area contributed by atoms with E-state index in [0.29, 0.717) is 18.6 Å². The molecule has 2 aliphatic rings. The molecule has 0 bridgehead atoms. The van der Waals surface area contributed by atoms with E-state index in [-0.39, 0.29) is 16.8 Å². The second-order valence-electron chi connectivity index (χ2n) is 7.81. The molecule has 2 fully saturated rings. The van der Waals surface area contributed by atoms with Gasteiger partial charge in [-0.25, -0.2) is 12.8 Å². The number of sulfonamides is 1. The van der Waals surface area contributed by atoms with Gasteiger partial charge in [0.05, 0.1) is 5.52 Å². The summed E-state index contributed by atoms with van der Waals surface area (Å²) in [6, 6.07) is 15.8. The van der Waals surface area contributed by atoms with Crippen molar-refractivity contribution in [3.8, 4) is 0 Å². The van der Waals surface area contributed by atoms with Gasteiger partial charge in [-0.15, -0.1) is 0 Å². The SMILES string of the molecule is O=S(=O)(c1cccc2cccnc12)N1CC(N2CCN(c3ccc(F)cc3)CC2)C1. The molecule has 0 N–H and O–H groups in total. The molecule has 0 saturated carbocycles. The average Bonchev–Trinajstić information content (AvgIpc) is 2.73. The Labute approximate surface area is 175 Å².